The lowest BCUT2D eigenvalue weighted by Gasteiger charge is -2.39. The van der Waals surface area contributed by atoms with Crippen LogP contribution in [0.4, 0.5) is 0 Å². The molecular weight excluding hydrogens is 214 g/mol. The molecule has 1 aromatic carbocycles. The summed E-state index contributed by atoms with van der Waals surface area (Å²) in [6.45, 7) is 7.45. The first-order valence-electron chi connectivity index (χ1n) is 6.39. The molecule has 1 aromatic rings. The summed E-state index contributed by atoms with van der Waals surface area (Å²) in [5.74, 6) is 2.30. The molecule has 1 saturated heterocycles. The van der Waals surface area contributed by atoms with Gasteiger partial charge in [-0.25, -0.2) is 0 Å². The molecule has 0 radical (unpaired) electrons. The Morgan fingerprint density at radius 1 is 1.12 bits per heavy atom. The van der Waals surface area contributed by atoms with Gasteiger partial charge in [0.05, 0.1) is 0 Å². The van der Waals surface area contributed by atoms with Crippen molar-refractivity contribution in [3.05, 3.63) is 23.8 Å². The second-order valence-electron chi connectivity index (χ2n) is 5.03. The van der Waals surface area contributed by atoms with E-state index in [1.165, 1.54) is 25.1 Å². The number of hydrogen-bond donors (Lipinski definition) is 0. The van der Waals surface area contributed by atoms with Gasteiger partial charge in [0.1, 0.15) is 0 Å². The predicted molar refractivity (Wildman–Crippen MR) is 66.6 cm³/mol. The van der Waals surface area contributed by atoms with Gasteiger partial charge in [0.2, 0.25) is 6.79 Å². The van der Waals surface area contributed by atoms with Crippen molar-refractivity contribution in [2.45, 2.75) is 32.2 Å². The van der Waals surface area contributed by atoms with E-state index >= 15 is 0 Å². The van der Waals surface area contributed by atoms with Gasteiger partial charge in [-0.3, -0.25) is 4.90 Å². The van der Waals surface area contributed by atoms with Gasteiger partial charge in [-0.1, -0.05) is 13.0 Å². The zero-order chi connectivity index (χ0) is 11.8. The molecule has 2 atom stereocenters. The Kier molecular flexibility index (Phi) is 2.71. The standard InChI is InChI=1S/C14H19NO2/c1-10(11(2)15-6-3-7-15)12-4-5-13-14(8-12)17-9-16-13/h4-5,8,10-11H,3,6-7,9H2,1-2H3/t10-,11-/m0/s1. The molecule has 0 N–H and O–H groups in total. The van der Waals surface area contributed by atoms with Gasteiger partial charge in [-0.15, -0.1) is 0 Å². The number of fused-ring (bicyclic) bond motifs is 1. The summed E-state index contributed by atoms with van der Waals surface area (Å²) < 4.78 is 10.8. The fraction of sp³-hybridized carbons (Fsp3) is 0.571. The topological polar surface area (TPSA) is 21.7 Å². The third-order valence-electron chi connectivity index (χ3n) is 4.11. The van der Waals surface area contributed by atoms with Crippen molar-refractivity contribution in [2.24, 2.45) is 0 Å². The first-order valence-corrected chi connectivity index (χ1v) is 6.39. The number of nitrogens with zero attached hydrogens (tertiary/aromatic N) is 1. The Morgan fingerprint density at radius 3 is 2.59 bits per heavy atom. The number of ether oxygens (including phenoxy) is 2. The first-order chi connectivity index (χ1) is 8.25. The molecule has 2 aliphatic heterocycles. The molecule has 0 unspecified atom stereocenters. The van der Waals surface area contributed by atoms with Crippen molar-refractivity contribution in [3.63, 3.8) is 0 Å². The van der Waals surface area contributed by atoms with Crippen LogP contribution < -0.4 is 9.47 Å². The molecule has 0 bridgehead atoms. The molecule has 3 nitrogen and oxygen atoms in total. The molecule has 0 spiro atoms. The largest absolute Gasteiger partial charge is 0.454 e. The third-order valence-corrected chi connectivity index (χ3v) is 4.11. The maximum atomic E-state index is 5.43. The van der Waals surface area contributed by atoms with Gasteiger partial charge in [-0.2, -0.15) is 0 Å². The van der Waals surface area contributed by atoms with Crippen molar-refractivity contribution in [2.75, 3.05) is 19.9 Å². The highest BCUT2D eigenvalue weighted by atomic mass is 16.7. The van der Waals surface area contributed by atoms with E-state index in [9.17, 15) is 0 Å². The number of likely N-dealkylation sites (tertiary alicyclic amines) is 1. The van der Waals surface area contributed by atoms with Gasteiger partial charge in [-0.05, 0) is 50.0 Å². The Balaban J connectivity index is 1.78. The van der Waals surface area contributed by atoms with Crippen molar-refractivity contribution < 1.29 is 9.47 Å². The Labute approximate surface area is 102 Å². The van der Waals surface area contributed by atoms with Crippen LogP contribution >= 0.6 is 0 Å². The molecular formula is C14H19NO2. The van der Waals surface area contributed by atoms with E-state index in [1.54, 1.807) is 0 Å². The normalized spacial score (nSPS) is 22.0. The molecule has 17 heavy (non-hydrogen) atoms. The van der Waals surface area contributed by atoms with Crippen LogP contribution in [0.2, 0.25) is 0 Å². The lowest BCUT2D eigenvalue weighted by molar-refractivity contribution is 0.113. The van der Waals surface area contributed by atoms with Crippen molar-refractivity contribution in [1.29, 1.82) is 0 Å². The highest BCUT2D eigenvalue weighted by molar-refractivity contribution is 5.45. The molecule has 0 saturated carbocycles. The van der Waals surface area contributed by atoms with Gasteiger partial charge < -0.3 is 9.47 Å². The van der Waals surface area contributed by atoms with Gasteiger partial charge >= 0.3 is 0 Å². The maximum absolute atomic E-state index is 5.43. The summed E-state index contributed by atoms with van der Waals surface area (Å²) in [4.78, 5) is 2.54. The second-order valence-corrected chi connectivity index (χ2v) is 5.03. The molecule has 0 aromatic heterocycles. The smallest absolute Gasteiger partial charge is 0.231 e. The van der Waals surface area contributed by atoms with Gasteiger partial charge in [0.15, 0.2) is 11.5 Å². The zero-order valence-electron chi connectivity index (χ0n) is 10.5. The zero-order valence-corrected chi connectivity index (χ0v) is 10.5. The molecule has 1 fully saturated rings. The Morgan fingerprint density at radius 2 is 1.88 bits per heavy atom. The molecule has 2 aliphatic rings. The van der Waals surface area contributed by atoms with E-state index in [2.05, 4.69) is 30.9 Å². The summed E-state index contributed by atoms with van der Waals surface area (Å²) in [6, 6.07) is 6.92. The maximum Gasteiger partial charge on any atom is 0.231 e. The van der Waals surface area contributed by atoms with Crippen LogP contribution in [0.3, 0.4) is 0 Å². The van der Waals surface area contributed by atoms with Gasteiger partial charge in [0, 0.05) is 6.04 Å². The Bertz CT molecular complexity index is 415. The minimum atomic E-state index is 0.356. The van der Waals surface area contributed by atoms with Crippen LogP contribution in [0.15, 0.2) is 18.2 Å². The highest BCUT2D eigenvalue weighted by Crippen LogP contribution is 2.36. The number of benzene rings is 1. The lowest BCUT2D eigenvalue weighted by Crippen LogP contribution is -2.45. The molecule has 3 heteroatoms. The van der Waals surface area contributed by atoms with E-state index < -0.39 is 0 Å². The molecule has 3 rings (SSSR count). The van der Waals surface area contributed by atoms with Crippen LogP contribution in [0.5, 0.6) is 11.5 Å². The number of hydrogen-bond acceptors (Lipinski definition) is 3. The third kappa shape index (κ3) is 1.89. The first kappa shape index (κ1) is 10.9. The number of rotatable bonds is 3. The van der Waals surface area contributed by atoms with Crippen LogP contribution in [0.1, 0.15) is 31.7 Å². The molecule has 2 heterocycles. The van der Waals surface area contributed by atoms with Crippen molar-refractivity contribution >= 4 is 0 Å². The van der Waals surface area contributed by atoms with Crippen LogP contribution in [0, 0.1) is 0 Å². The van der Waals surface area contributed by atoms with E-state index in [0.717, 1.165) is 11.5 Å². The van der Waals surface area contributed by atoms with Crippen molar-refractivity contribution in [3.8, 4) is 11.5 Å². The Hall–Kier alpha value is -1.22. The average molecular weight is 233 g/mol. The van der Waals surface area contributed by atoms with Crippen molar-refractivity contribution in [1.82, 2.24) is 4.90 Å². The average Bonchev–Trinajstić information content (AvgIpc) is 2.72. The van der Waals surface area contributed by atoms with Gasteiger partial charge in [0.25, 0.3) is 0 Å². The SMILES string of the molecule is C[C@H](c1ccc2c(c1)OCO2)[C@H](C)N1CCC1. The predicted octanol–water partition coefficient (Wildman–Crippen LogP) is 2.61. The summed E-state index contributed by atoms with van der Waals surface area (Å²) in [7, 11) is 0. The van der Waals surface area contributed by atoms with E-state index in [0.29, 0.717) is 18.8 Å². The molecule has 0 aliphatic carbocycles. The molecule has 92 valence electrons. The molecule has 0 amide bonds. The summed E-state index contributed by atoms with van der Waals surface area (Å²) in [6.07, 6.45) is 1.35. The quantitative estimate of drug-likeness (QED) is 0.801. The van der Waals surface area contributed by atoms with Crippen LogP contribution in [-0.2, 0) is 0 Å². The van der Waals surface area contributed by atoms with E-state index in [1.807, 2.05) is 6.07 Å². The minimum absolute atomic E-state index is 0.356. The van der Waals surface area contributed by atoms with Crippen LogP contribution in [-0.4, -0.2) is 30.8 Å². The summed E-state index contributed by atoms with van der Waals surface area (Å²) >= 11 is 0. The summed E-state index contributed by atoms with van der Waals surface area (Å²) in [5, 5.41) is 0. The van der Waals surface area contributed by atoms with E-state index in [-0.39, 0.29) is 0 Å². The second kappa shape index (κ2) is 4.22. The lowest BCUT2D eigenvalue weighted by atomic mass is 9.91. The minimum Gasteiger partial charge on any atom is -0.454 e. The highest BCUT2D eigenvalue weighted by Gasteiger charge is 2.26. The summed E-state index contributed by atoms with van der Waals surface area (Å²) in [5.41, 5.74) is 1.34. The fourth-order valence-electron chi connectivity index (χ4n) is 2.54. The van der Waals surface area contributed by atoms with Crippen LogP contribution in [0.25, 0.3) is 0 Å². The van der Waals surface area contributed by atoms with E-state index in [4.69, 9.17) is 9.47 Å². The monoisotopic (exact) mass is 233 g/mol. The fourth-order valence-corrected chi connectivity index (χ4v) is 2.54.